The number of para-hydroxylation sites is 1. The van der Waals surface area contributed by atoms with Gasteiger partial charge in [-0.25, -0.2) is 4.39 Å². The minimum absolute atomic E-state index is 0.228. The zero-order valence-electron chi connectivity index (χ0n) is 16.0. The van der Waals surface area contributed by atoms with Crippen LogP contribution in [0.15, 0.2) is 65.5 Å². The summed E-state index contributed by atoms with van der Waals surface area (Å²) in [6, 6.07) is 16.8. The van der Waals surface area contributed by atoms with Crippen LogP contribution in [0.5, 0.6) is 0 Å². The first kappa shape index (κ1) is 19.8. The zero-order valence-corrected chi connectivity index (χ0v) is 16.8. The van der Waals surface area contributed by atoms with Crippen LogP contribution >= 0.6 is 11.3 Å². The summed E-state index contributed by atoms with van der Waals surface area (Å²) in [4.78, 5) is 26.2. The van der Waals surface area contributed by atoms with E-state index in [1.54, 1.807) is 25.1 Å². The van der Waals surface area contributed by atoms with Crippen LogP contribution in [0, 0.1) is 12.7 Å². The number of aliphatic hydroxyl groups excluding tert-OH is 1. The van der Waals surface area contributed by atoms with E-state index in [0.29, 0.717) is 37.7 Å². The number of pyridine rings is 1. The minimum atomic E-state index is -0.520. The monoisotopic (exact) mass is 423 g/mol. The van der Waals surface area contributed by atoms with Crippen LogP contribution in [0.2, 0.25) is 0 Å². The number of benzene rings is 2. The van der Waals surface area contributed by atoms with Crippen molar-refractivity contribution in [1.29, 1.82) is 0 Å². The number of carbonyl (C=O) groups is 1. The van der Waals surface area contributed by atoms with E-state index in [2.05, 4.69) is 10.6 Å². The lowest BCUT2D eigenvalue weighted by Crippen LogP contribution is -2.23. The first-order chi connectivity index (χ1) is 14.5. The number of carbonyl (C=O) groups excluding carboxylic acids is 1. The second-order valence-corrected chi connectivity index (χ2v) is 7.62. The summed E-state index contributed by atoms with van der Waals surface area (Å²) < 4.78 is 15.2. The van der Waals surface area contributed by atoms with Gasteiger partial charge in [-0.1, -0.05) is 18.2 Å². The summed E-state index contributed by atoms with van der Waals surface area (Å²) in [7, 11) is 0. The van der Waals surface area contributed by atoms with E-state index in [4.69, 9.17) is 5.11 Å². The summed E-state index contributed by atoms with van der Waals surface area (Å²) in [5.74, 6) is -0.806. The molecule has 3 N–H and O–H groups in total. The molecule has 2 aromatic heterocycles. The normalized spacial score (nSPS) is 10.9. The molecule has 2 aromatic carbocycles. The highest BCUT2D eigenvalue weighted by Crippen LogP contribution is 2.38. The average Bonchev–Trinajstić information content (AvgIpc) is 3.10. The smallest absolute Gasteiger partial charge is 0.265 e. The number of hydrogen-bond donors (Lipinski definition) is 3. The standard InChI is InChI=1S/C22H18FN3O3S/c1-13-11-14(7-9-17(13)23)25-19-16-8-10-18(28)26(15-5-3-2-4-6-15)22(16)30-20(19)21(29)24-12-27/h2-11,25,27H,12H2,1H3,(H,24,29). The number of fused-ring (bicyclic) bond motifs is 1. The molecule has 0 atom stereocenters. The van der Waals surface area contributed by atoms with Crippen LogP contribution in [0.4, 0.5) is 15.8 Å². The molecule has 0 spiro atoms. The molecular formula is C22H18FN3O3S. The second kappa shape index (κ2) is 8.10. The van der Waals surface area contributed by atoms with Gasteiger partial charge in [0.1, 0.15) is 22.3 Å². The number of hydrogen-bond acceptors (Lipinski definition) is 5. The molecule has 0 aliphatic heterocycles. The van der Waals surface area contributed by atoms with E-state index in [1.807, 2.05) is 30.3 Å². The van der Waals surface area contributed by atoms with Crippen molar-refractivity contribution in [3.63, 3.8) is 0 Å². The molecule has 0 bridgehead atoms. The molecule has 1 amide bonds. The largest absolute Gasteiger partial charge is 0.376 e. The maximum absolute atomic E-state index is 13.7. The number of nitrogens with zero attached hydrogens (tertiary/aromatic N) is 1. The van der Waals surface area contributed by atoms with Gasteiger partial charge >= 0.3 is 0 Å². The molecule has 0 saturated carbocycles. The predicted octanol–water partition coefficient (Wildman–Crippen LogP) is 3.92. The Bertz CT molecular complexity index is 1300. The summed E-state index contributed by atoms with van der Waals surface area (Å²) in [5.41, 5.74) is 1.99. The fraction of sp³-hybridized carbons (Fsp3) is 0.0909. The average molecular weight is 423 g/mol. The molecule has 0 aliphatic rings. The van der Waals surface area contributed by atoms with Gasteiger partial charge in [0.15, 0.2) is 0 Å². The van der Waals surface area contributed by atoms with Crippen LogP contribution in [-0.2, 0) is 0 Å². The number of thiophene rings is 1. The Balaban J connectivity index is 1.95. The van der Waals surface area contributed by atoms with E-state index >= 15 is 0 Å². The first-order valence-electron chi connectivity index (χ1n) is 9.16. The highest BCUT2D eigenvalue weighted by molar-refractivity contribution is 7.21. The summed E-state index contributed by atoms with van der Waals surface area (Å²) in [6.45, 7) is 1.13. The number of aromatic nitrogens is 1. The Hall–Kier alpha value is -3.49. The number of anilines is 2. The Morgan fingerprint density at radius 1 is 1.13 bits per heavy atom. The molecular weight excluding hydrogens is 405 g/mol. The zero-order chi connectivity index (χ0) is 21.3. The third-order valence-electron chi connectivity index (χ3n) is 4.63. The maximum Gasteiger partial charge on any atom is 0.265 e. The molecule has 0 saturated heterocycles. The van der Waals surface area contributed by atoms with Crippen molar-refractivity contribution in [3.8, 4) is 5.69 Å². The highest BCUT2D eigenvalue weighted by Gasteiger charge is 2.21. The minimum Gasteiger partial charge on any atom is -0.376 e. The summed E-state index contributed by atoms with van der Waals surface area (Å²) >= 11 is 1.14. The lowest BCUT2D eigenvalue weighted by Gasteiger charge is -2.10. The van der Waals surface area contributed by atoms with Crippen LogP contribution < -0.4 is 16.2 Å². The van der Waals surface area contributed by atoms with Gasteiger partial charge in [0.2, 0.25) is 0 Å². The summed E-state index contributed by atoms with van der Waals surface area (Å²) in [5, 5.41) is 15.4. The van der Waals surface area contributed by atoms with Crippen LogP contribution in [0.3, 0.4) is 0 Å². The SMILES string of the molecule is Cc1cc(Nc2c(C(=O)NCO)sc3c2ccc(=O)n3-c2ccccc2)ccc1F. The maximum atomic E-state index is 13.7. The highest BCUT2D eigenvalue weighted by atomic mass is 32.1. The van der Waals surface area contributed by atoms with Crippen molar-refractivity contribution < 1.29 is 14.3 Å². The van der Waals surface area contributed by atoms with E-state index in [9.17, 15) is 14.0 Å². The molecule has 6 nitrogen and oxygen atoms in total. The Morgan fingerprint density at radius 2 is 1.90 bits per heavy atom. The quantitative estimate of drug-likeness (QED) is 0.425. The second-order valence-electron chi connectivity index (χ2n) is 6.62. The number of aliphatic hydroxyl groups is 1. The van der Waals surface area contributed by atoms with Gasteiger partial charge < -0.3 is 15.7 Å². The van der Waals surface area contributed by atoms with E-state index < -0.39 is 12.6 Å². The molecule has 152 valence electrons. The molecule has 8 heteroatoms. The van der Waals surface area contributed by atoms with Gasteiger partial charge in [-0.05, 0) is 48.9 Å². The molecule has 4 rings (SSSR count). The van der Waals surface area contributed by atoms with Gasteiger partial charge in [0.25, 0.3) is 11.5 Å². The van der Waals surface area contributed by atoms with Gasteiger partial charge in [0.05, 0.1) is 11.4 Å². The Morgan fingerprint density at radius 3 is 2.60 bits per heavy atom. The fourth-order valence-electron chi connectivity index (χ4n) is 3.21. The number of amides is 1. The number of aryl methyl sites for hydroxylation is 1. The van der Waals surface area contributed by atoms with E-state index in [0.717, 1.165) is 11.3 Å². The van der Waals surface area contributed by atoms with E-state index in [1.165, 1.54) is 16.7 Å². The lowest BCUT2D eigenvalue weighted by molar-refractivity contribution is 0.0915. The van der Waals surface area contributed by atoms with Crippen molar-refractivity contribution in [2.24, 2.45) is 0 Å². The number of rotatable bonds is 5. The first-order valence-corrected chi connectivity index (χ1v) is 9.97. The molecule has 4 aromatic rings. The molecule has 0 unspecified atom stereocenters. The number of nitrogens with one attached hydrogen (secondary N) is 2. The molecule has 30 heavy (non-hydrogen) atoms. The number of halogens is 1. The topological polar surface area (TPSA) is 83.4 Å². The van der Waals surface area contributed by atoms with Gasteiger partial charge in [-0.3, -0.25) is 14.2 Å². The molecule has 0 fully saturated rings. The Labute approximate surface area is 175 Å². The van der Waals surface area contributed by atoms with Crippen molar-refractivity contribution in [2.75, 3.05) is 12.0 Å². The van der Waals surface area contributed by atoms with Crippen molar-refractivity contribution in [1.82, 2.24) is 9.88 Å². The van der Waals surface area contributed by atoms with Gasteiger partial charge in [-0.15, -0.1) is 11.3 Å². The van der Waals surface area contributed by atoms with Crippen molar-refractivity contribution in [3.05, 3.63) is 87.3 Å². The molecule has 0 radical (unpaired) electrons. The third kappa shape index (κ3) is 3.58. The lowest BCUT2D eigenvalue weighted by atomic mass is 10.2. The summed E-state index contributed by atoms with van der Waals surface area (Å²) in [6.07, 6.45) is 0. The predicted molar refractivity (Wildman–Crippen MR) is 116 cm³/mol. The van der Waals surface area contributed by atoms with Crippen molar-refractivity contribution in [2.45, 2.75) is 6.92 Å². The van der Waals surface area contributed by atoms with Crippen LogP contribution in [0.1, 0.15) is 15.2 Å². The molecule has 2 heterocycles. The van der Waals surface area contributed by atoms with Gasteiger partial charge in [0, 0.05) is 17.1 Å². The fourth-order valence-corrected chi connectivity index (χ4v) is 4.39. The van der Waals surface area contributed by atoms with E-state index in [-0.39, 0.29) is 11.4 Å². The Kier molecular flexibility index (Phi) is 5.35. The van der Waals surface area contributed by atoms with Crippen molar-refractivity contribution >= 4 is 38.8 Å². The van der Waals surface area contributed by atoms with Gasteiger partial charge in [-0.2, -0.15) is 0 Å². The third-order valence-corrected chi connectivity index (χ3v) is 5.82. The molecule has 0 aliphatic carbocycles. The van der Waals surface area contributed by atoms with Crippen LogP contribution in [0.25, 0.3) is 15.9 Å². The van der Waals surface area contributed by atoms with Crippen LogP contribution in [-0.4, -0.2) is 22.3 Å².